The molecule has 0 saturated carbocycles. The van der Waals surface area contributed by atoms with Crippen molar-refractivity contribution in [1.82, 2.24) is 4.90 Å². The van der Waals surface area contributed by atoms with Gasteiger partial charge < -0.3 is 10.6 Å². The van der Waals surface area contributed by atoms with Crippen LogP contribution in [0.25, 0.3) is 0 Å². The Morgan fingerprint density at radius 1 is 1.46 bits per heavy atom. The quantitative estimate of drug-likeness (QED) is 0.663. The molecule has 13 heavy (non-hydrogen) atoms. The smallest absolute Gasteiger partial charge is 0.225 e. The molecule has 1 unspecified atom stereocenters. The molecule has 0 aromatic heterocycles. The van der Waals surface area contributed by atoms with E-state index in [9.17, 15) is 4.79 Å². The third-order valence-corrected chi connectivity index (χ3v) is 2.27. The highest BCUT2D eigenvalue weighted by Crippen LogP contribution is 2.10. The van der Waals surface area contributed by atoms with Gasteiger partial charge in [-0.2, -0.15) is 5.26 Å². The van der Waals surface area contributed by atoms with Gasteiger partial charge in [-0.05, 0) is 19.3 Å². The first-order chi connectivity index (χ1) is 6.24. The Bertz CT molecular complexity index is 215. The van der Waals surface area contributed by atoms with Crippen molar-refractivity contribution in [2.45, 2.75) is 31.7 Å². The van der Waals surface area contributed by atoms with Crippen LogP contribution in [-0.4, -0.2) is 29.9 Å². The molecule has 0 bridgehead atoms. The summed E-state index contributed by atoms with van der Waals surface area (Å²) in [6, 6.07) is 1.22. The predicted octanol–water partition coefficient (Wildman–Crippen LogP) is 0.240. The SMILES string of the molecule is N#CC(N)CC(=O)N1CCCCC1. The van der Waals surface area contributed by atoms with E-state index < -0.39 is 6.04 Å². The van der Waals surface area contributed by atoms with E-state index in [1.54, 1.807) is 4.90 Å². The van der Waals surface area contributed by atoms with E-state index in [4.69, 9.17) is 11.0 Å². The van der Waals surface area contributed by atoms with E-state index in [1.165, 1.54) is 6.42 Å². The minimum absolute atomic E-state index is 0.0220. The highest BCUT2D eigenvalue weighted by Gasteiger charge is 2.18. The number of piperidine rings is 1. The highest BCUT2D eigenvalue weighted by atomic mass is 16.2. The fraction of sp³-hybridized carbons (Fsp3) is 0.778. The molecule has 0 aromatic carbocycles. The molecule has 1 heterocycles. The van der Waals surface area contributed by atoms with Gasteiger partial charge in [0.25, 0.3) is 0 Å². The molecule has 0 radical (unpaired) electrons. The third kappa shape index (κ3) is 3.03. The van der Waals surface area contributed by atoms with E-state index >= 15 is 0 Å². The number of nitrogens with two attached hydrogens (primary N) is 1. The van der Waals surface area contributed by atoms with Crippen molar-refractivity contribution in [3.8, 4) is 6.07 Å². The van der Waals surface area contributed by atoms with Crippen LogP contribution in [0.1, 0.15) is 25.7 Å². The Balaban J connectivity index is 2.34. The molecule has 4 heteroatoms. The summed E-state index contributed by atoms with van der Waals surface area (Å²) in [7, 11) is 0. The molecule has 0 aromatic rings. The third-order valence-electron chi connectivity index (χ3n) is 2.27. The van der Waals surface area contributed by atoms with Gasteiger partial charge in [-0.25, -0.2) is 0 Å². The van der Waals surface area contributed by atoms with Crippen molar-refractivity contribution in [3.63, 3.8) is 0 Å². The molecule has 1 aliphatic rings. The van der Waals surface area contributed by atoms with E-state index in [1.807, 2.05) is 6.07 Å². The lowest BCUT2D eigenvalue weighted by Crippen LogP contribution is -2.38. The van der Waals surface area contributed by atoms with E-state index in [2.05, 4.69) is 0 Å². The minimum Gasteiger partial charge on any atom is -0.343 e. The molecule has 1 rings (SSSR count). The van der Waals surface area contributed by atoms with Gasteiger partial charge in [0.2, 0.25) is 5.91 Å². The summed E-state index contributed by atoms with van der Waals surface area (Å²) in [5, 5.41) is 8.44. The first-order valence-electron chi connectivity index (χ1n) is 4.67. The maximum atomic E-state index is 11.5. The summed E-state index contributed by atoms with van der Waals surface area (Å²) in [6.07, 6.45) is 3.52. The maximum Gasteiger partial charge on any atom is 0.225 e. The predicted molar refractivity (Wildman–Crippen MR) is 48.6 cm³/mol. The van der Waals surface area contributed by atoms with Crippen molar-refractivity contribution < 1.29 is 4.79 Å². The fourth-order valence-corrected chi connectivity index (χ4v) is 1.51. The van der Waals surface area contributed by atoms with Gasteiger partial charge in [0.15, 0.2) is 0 Å². The number of nitrogens with zero attached hydrogens (tertiary/aromatic N) is 2. The molecule has 1 atom stereocenters. The molecule has 1 amide bonds. The van der Waals surface area contributed by atoms with Crippen molar-refractivity contribution in [3.05, 3.63) is 0 Å². The van der Waals surface area contributed by atoms with Crippen molar-refractivity contribution in [2.75, 3.05) is 13.1 Å². The summed E-state index contributed by atoms with van der Waals surface area (Å²) in [5.74, 6) is 0.0220. The van der Waals surface area contributed by atoms with Crippen molar-refractivity contribution in [2.24, 2.45) is 5.73 Å². The summed E-state index contributed by atoms with van der Waals surface area (Å²) in [6.45, 7) is 1.66. The highest BCUT2D eigenvalue weighted by molar-refractivity contribution is 5.77. The average Bonchev–Trinajstić information content (AvgIpc) is 2.19. The van der Waals surface area contributed by atoms with Gasteiger partial charge in [-0.1, -0.05) is 0 Å². The van der Waals surface area contributed by atoms with Crippen molar-refractivity contribution >= 4 is 5.91 Å². The molecular formula is C9H15N3O. The fourth-order valence-electron chi connectivity index (χ4n) is 1.51. The number of hydrogen-bond donors (Lipinski definition) is 1. The van der Waals surface area contributed by atoms with Crippen LogP contribution in [0.2, 0.25) is 0 Å². The monoisotopic (exact) mass is 181 g/mol. The molecule has 1 fully saturated rings. The summed E-state index contributed by atoms with van der Waals surface area (Å²) in [5.41, 5.74) is 5.37. The standard InChI is InChI=1S/C9H15N3O/c10-7-8(11)6-9(13)12-4-2-1-3-5-12/h8H,1-6,11H2. The summed E-state index contributed by atoms with van der Waals surface area (Å²) >= 11 is 0. The second kappa shape index (κ2) is 4.83. The van der Waals surface area contributed by atoms with E-state index in [-0.39, 0.29) is 12.3 Å². The second-order valence-electron chi connectivity index (χ2n) is 3.38. The number of carbonyl (C=O) groups is 1. The zero-order valence-electron chi connectivity index (χ0n) is 7.70. The lowest BCUT2D eigenvalue weighted by molar-refractivity contribution is -0.132. The first kappa shape index (κ1) is 10.0. The molecule has 2 N–H and O–H groups in total. The Hall–Kier alpha value is -1.08. The maximum absolute atomic E-state index is 11.5. The Labute approximate surface area is 78.3 Å². The molecule has 0 spiro atoms. The number of hydrogen-bond acceptors (Lipinski definition) is 3. The molecule has 1 aliphatic heterocycles. The van der Waals surface area contributed by atoms with Gasteiger partial charge in [-0.15, -0.1) is 0 Å². The van der Waals surface area contributed by atoms with Gasteiger partial charge in [0, 0.05) is 13.1 Å². The second-order valence-corrected chi connectivity index (χ2v) is 3.38. The molecule has 0 aliphatic carbocycles. The van der Waals surface area contributed by atoms with E-state index in [0.717, 1.165) is 25.9 Å². The summed E-state index contributed by atoms with van der Waals surface area (Å²) in [4.78, 5) is 13.3. The van der Waals surface area contributed by atoms with Crippen LogP contribution >= 0.6 is 0 Å². The molecule has 4 nitrogen and oxygen atoms in total. The molecular weight excluding hydrogens is 166 g/mol. The van der Waals surface area contributed by atoms with Crippen LogP contribution < -0.4 is 5.73 Å². The number of rotatable bonds is 2. The number of amides is 1. The van der Waals surface area contributed by atoms with Gasteiger partial charge in [0.1, 0.15) is 6.04 Å². The topological polar surface area (TPSA) is 70.1 Å². The molecule has 72 valence electrons. The lowest BCUT2D eigenvalue weighted by Gasteiger charge is -2.26. The van der Waals surface area contributed by atoms with Gasteiger partial charge in [0.05, 0.1) is 12.5 Å². The largest absolute Gasteiger partial charge is 0.343 e. The van der Waals surface area contributed by atoms with Crippen molar-refractivity contribution in [1.29, 1.82) is 5.26 Å². The van der Waals surface area contributed by atoms with Crippen LogP contribution in [0, 0.1) is 11.3 Å². The minimum atomic E-state index is -0.644. The zero-order valence-corrected chi connectivity index (χ0v) is 7.70. The van der Waals surface area contributed by atoms with E-state index in [0.29, 0.717) is 0 Å². The number of carbonyl (C=O) groups excluding carboxylic acids is 1. The number of nitriles is 1. The summed E-state index contributed by atoms with van der Waals surface area (Å²) < 4.78 is 0. The normalized spacial score (nSPS) is 19.2. The Kier molecular flexibility index (Phi) is 3.71. The Morgan fingerprint density at radius 2 is 2.08 bits per heavy atom. The zero-order chi connectivity index (χ0) is 9.68. The lowest BCUT2D eigenvalue weighted by atomic mass is 10.1. The average molecular weight is 181 g/mol. The number of likely N-dealkylation sites (tertiary alicyclic amines) is 1. The van der Waals surface area contributed by atoms with Crippen LogP contribution in [-0.2, 0) is 4.79 Å². The van der Waals surface area contributed by atoms with Crippen LogP contribution in [0.15, 0.2) is 0 Å². The Morgan fingerprint density at radius 3 is 2.62 bits per heavy atom. The van der Waals surface area contributed by atoms with Crippen LogP contribution in [0.5, 0.6) is 0 Å². The van der Waals surface area contributed by atoms with Gasteiger partial charge in [-0.3, -0.25) is 4.79 Å². The van der Waals surface area contributed by atoms with Crippen LogP contribution in [0.4, 0.5) is 0 Å². The first-order valence-corrected chi connectivity index (χ1v) is 4.67. The molecule has 1 saturated heterocycles. The van der Waals surface area contributed by atoms with Crippen LogP contribution in [0.3, 0.4) is 0 Å². The van der Waals surface area contributed by atoms with Gasteiger partial charge >= 0.3 is 0 Å².